The standard InChI is InChI=1S/C21H28N2O2/c1-16(9-10-18-7-5-4-6-8-18)23-21(24)17(2)22-15-19-11-13-20(25-3)14-12-19/h4-8,11-14,16-17,22H,9-10,15H2,1-3H3,(H,23,24)/t16-,17-/m0/s1. The number of methoxy groups -OCH3 is 1. The number of carbonyl (C=O) groups is 1. The fourth-order valence-electron chi connectivity index (χ4n) is 2.57. The summed E-state index contributed by atoms with van der Waals surface area (Å²) in [6.45, 7) is 4.59. The average Bonchev–Trinajstić information content (AvgIpc) is 2.65. The number of hydrogen-bond donors (Lipinski definition) is 2. The molecule has 0 unspecified atom stereocenters. The third-order valence-corrected chi connectivity index (χ3v) is 4.26. The van der Waals surface area contributed by atoms with Crippen LogP contribution in [-0.2, 0) is 17.8 Å². The van der Waals surface area contributed by atoms with Crippen molar-refractivity contribution in [3.8, 4) is 5.75 Å². The molecule has 4 nitrogen and oxygen atoms in total. The van der Waals surface area contributed by atoms with Crippen LogP contribution in [-0.4, -0.2) is 25.1 Å². The van der Waals surface area contributed by atoms with Crippen molar-refractivity contribution < 1.29 is 9.53 Å². The highest BCUT2D eigenvalue weighted by atomic mass is 16.5. The molecule has 4 heteroatoms. The molecule has 0 aliphatic rings. The van der Waals surface area contributed by atoms with E-state index in [9.17, 15) is 4.79 Å². The first kappa shape index (κ1) is 19.0. The van der Waals surface area contributed by atoms with Crippen molar-refractivity contribution in [1.29, 1.82) is 0 Å². The van der Waals surface area contributed by atoms with Crippen molar-refractivity contribution in [3.05, 3.63) is 65.7 Å². The predicted octanol–water partition coefficient (Wildman–Crippen LogP) is 3.31. The summed E-state index contributed by atoms with van der Waals surface area (Å²) in [6, 6.07) is 18.1. The number of ether oxygens (including phenoxy) is 1. The minimum atomic E-state index is -0.235. The van der Waals surface area contributed by atoms with Crippen molar-refractivity contribution in [1.82, 2.24) is 10.6 Å². The van der Waals surface area contributed by atoms with Crippen LogP contribution in [0, 0.1) is 0 Å². The van der Waals surface area contributed by atoms with Crippen LogP contribution in [0.3, 0.4) is 0 Å². The molecule has 0 radical (unpaired) electrons. The van der Waals surface area contributed by atoms with Crippen molar-refractivity contribution >= 4 is 5.91 Å². The lowest BCUT2D eigenvalue weighted by atomic mass is 10.1. The van der Waals surface area contributed by atoms with Gasteiger partial charge in [0.2, 0.25) is 5.91 Å². The van der Waals surface area contributed by atoms with Crippen molar-refractivity contribution in [2.24, 2.45) is 0 Å². The lowest BCUT2D eigenvalue weighted by Gasteiger charge is -2.18. The Morgan fingerprint density at radius 1 is 1.00 bits per heavy atom. The molecular formula is C21H28N2O2. The monoisotopic (exact) mass is 340 g/mol. The number of aryl methyl sites for hydroxylation is 1. The summed E-state index contributed by atoms with van der Waals surface area (Å²) in [5, 5.41) is 6.35. The number of benzene rings is 2. The van der Waals surface area contributed by atoms with E-state index in [1.807, 2.05) is 49.4 Å². The fourth-order valence-corrected chi connectivity index (χ4v) is 2.57. The maximum absolute atomic E-state index is 12.3. The number of nitrogens with one attached hydrogen (secondary N) is 2. The Morgan fingerprint density at radius 2 is 1.68 bits per heavy atom. The van der Waals surface area contributed by atoms with E-state index in [-0.39, 0.29) is 18.0 Å². The predicted molar refractivity (Wildman–Crippen MR) is 102 cm³/mol. The van der Waals surface area contributed by atoms with Gasteiger partial charge in [0.1, 0.15) is 5.75 Å². The van der Waals surface area contributed by atoms with E-state index in [4.69, 9.17) is 4.74 Å². The van der Waals surface area contributed by atoms with Crippen LogP contribution < -0.4 is 15.4 Å². The van der Waals surface area contributed by atoms with Crippen molar-refractivity contribution in [2.75, 3.05) is 7.11 Å². The van der Waals surface area contributed by atoms with Gasteiger partial charge < -0.3 is 15.4 Å². The second-order valence-corrected chi connectivity index (χ2v) is 6.38. The van der Waals surface area contributed by atoms with Gasteiger partial charge >= 0.3 is 0 Å². The molecule has 0 bridgehead atoms. The summed E-state index contributed by atoms with van der Waals surface area (Å²) in [5.74, 6) is 0.871. The molecule has 0 saturated carbocycles. The van der Waals surface area contributed by atoms with Gasteiger partial charge in [-0.25, -0.2) is 0 Å². The Labute approximate surface area is 150 Å². The van der Waals surface area contributed by atoms with Crippen molar-refractivity contribution in [2.45, 2.75) is 45.3 Å². The maximum atomic E-state index is 12.3. The smallest absolute Gasteiger partial charge is 0.237 e. The zero-order valence-corrected chi connectivity index (χ0v) is 15.3. The molecule has 0 heterocycles. The molecule has 2 rings (SSSR count). The van der Waals surface area contributed by atoms with Crippen LogP contribution in [0.25, 0.3) is 0 Å². The molecule has 0 aliphatic heterocycles. The van der Waals surface area contributed by atoms with E-state index in [1.165, 1.54) is 5.56 Å². The van der Waals surface area contributed by atoms with E-state index in [1.54, 1.807) is 7.11 Å². The SMILES string of the molecule is COc1ccc(CN[C@@H](C)C(=O)N[C@@H](C)CCc2ccccc2)cc1. The minimum absolute atomic E-state index is 0.0362. The van der Waals surface area contributed by atoms with Gasteiger partial charge in [-0.15, -0.1) is 0 Å². The van der Waals surface area contributed by atoms with Gasteiger partial charge in [-0.3, -0.25) is 4.79 Å². The molecule has 0 fully saturated rings. The lowest BCUT2D eigenvalue weighted by molar-refractivity contribution is -0.123. The first-order chi connectivity index (χ1) is 12.1. The molecule has 0 spiro atoms. The van der Waals surface area contributed by atoms with Crippen molar-refractivity contribution in [3.63, 3.8) is 0 Å². The quantitative estimate of drug-likeness (QED) is 0.736. The number of carbonyl (C=O) groups excluding carboxylic acids is 1. The van der Waals surface area contributed by atoms with Gasteiger partial charge in [0.05, 0.1) is 13.2 Å². The molecule has 0 aliphatic carbocycles. The normalized spacial score (nSPS) is 13.1. The third-order valence-electron chi connectivity index (χ3n) is 4.26. The summed E-state index contributed by atoms with van der Waals surface area (Å²) in [7, 11) is 1.65. The van der Waals surface area contributed by atoms with E-state index in [0.717, 1.165) is 24.2 Å². The molecule has 1 amide bonds. The third kappa shape index (κ3) is 6.59. The van der Waals surface area contributed by atoms with E-state index in [0.29, 0.717) is 6.54 Å². The number of amides is 1. The van der Waals surface area contributed by atoms with Gasteiger partial charge in [-0.1, -0.05) is 42.5 Å². The molecular weight excluding hydrogens is 312 g/mol. The largest absolute Gasteiger partial charge is 0.497 e. The molecule has 0 aromatic heterocycles. The second kappa shape index (κ2) is 9.84. The molecule has 2 N–H and O–H groups in total. The van der Waals surface area contributed by atoms with E-state index < -0.39 is 0 Å². The summed E-state index contributed by atoms with van der Waals surface area (Å²) < 4.78 is 5.15. The Balaban J connectivity index is 1.71. The topological polar surface area (TPSA) is 50.4 Å². The summed E-state index contributed by atoms with van der Waals surface area (Å²) in [4.78, 5) is 12.3. The Morgan fingerprint density at radius 3 is 2.32 bits per heavy atom. The van der Waals surface area contributed by atoms with Gasteiger partial charge in [0.15, 0.2) is 0 Å². The molecule has 2 atom stereocenters. The Kier molecular flexibility index (Phi) is 7.48. The van der Waals surface area contributed by atoms with Crippen LogP contribution in [0.2, 0.25) is 0 Å². The zero-order valence-electron chi connectivity index (χ0n) is 15.3. The second-order valence-electron chi connectivity index (χ2n) is 6.38. The van der Waals surface area contributed by atoms with Crippen LogP contribution in [0.1, 0.15) is 31.4 Å². The van der Waals surface area contributed by atoms with Gasteiger partial charge in [0.25, 0.3) is 0 Å². The van der Waals surface area contributed by atoms with Gasteiger partial charge in [-0.2, -0.15) is 0 Å². The first-order valence-electron chi connectivity index (χ1n) is 8.79. The fraction of sp³-hybridized carbons (Fsp3) is 0.381. The van der Waals surface area contributed by atoms with Crippen LogP contribution >= 0.6 is 0 Å². The van der Waals surface area contributed by atoms with Gasteiger partial charge in [-0.05, 0) is 49.9 Å². The molecule has 0 saturated heterocycles. The maximum Gasteiger partial charge on any atom is 0.237 e. The highest BCUT2D eigenvalue weighted by Crippen LogP contribution is 2.11. The Hall–Kier alpha value is -2.33. The Bertz CT molecular complexity index is 641. The van der Waals surface area contributed by atoms with E-state index >= 15 is 0 Å². The number of rotatable bonds is 9. The zero-order chi connectivity index (χ0) is 18.1. The van der Waals surface area contributed by atoms with Crippen LogP contribution in [0.4, 0.5) is 0 Å². The number of hydrogen-bond acceptors (Lipinski definition) is 3. The molecule has 2 aromatic carbocycles. The highest BCUT2D eigenvalue weighted by Gasteiger charge is 2.14. The van der Waals surface area contributed by atoms with Crippen LogP contribution in [0.15, 0.2) is 54.6 Å². The molecule has 2 aromatic rings. The summed E-state index contributed by atoms with van der Waals surface area (Å²) in [6.07, 6.45) is 1.90. The molecule has 25 heavy (non-hydrogen) atoms. The lowest BCUT2D eigenvalue weighted by Crippen LogP contribution is -2.45. The first-order valence-corrected chi connectivity index (χ1v) is 8.79. The van der Waals surface area contributed by atoms with E-state index in [2.05, 4.69) is 29.7 Å². The average molecular weight is 340 g/mol. The minimum Gasteiger partial charge on any atom is -0.497 e. The van der Waals surface area contributed by atoms with Gasteiger partial charge in [0, 0.05) is 12.6 Å². The summed E-state index contributed by atoms with van der Waals surface area (Å²) in [5.41, 5.74) is 2.42. The van der Waals surface area contributed by atoms with Crippen LogP contribution in [0.5, 0.6) is 5.75 Å². The molecule has 134 valence electrons. The summed E-state index contributed by atoms with van der Waals surface area (Å²) >= 11 is 0. The highest BCUT2D eigenvalue weighted by molar-refractivity contribution is 5.81.